The van der Waals surface area contributed by atoms with Gasteiger partial charge in [0.25, 0.3) is 11.8 Å². The Kier molecular flexibility index (Phi) is 10.8. The molecule has 1 aliphatic heterocycles. The minimum Gasteiger partial charge on any atom is -0.481 e. The highest BCUT2D eigenvalue weighted by atomic mass is 16.8. The lowest BCUT2D eigenvalue weighted by Gasteiger charge is -2.35. The van der Waals surface area contributed by atoms with Crippen LogP contribution < -0.4 is 15.4 Å². The standard InChI is InChI=1S/C25H32N6O9/c1-3-38-25(37)40-30-13-11-29(12-14-30)24(36)18(9-10-22(33)34)27-23(35)19-15-21(39-16-20(32)26-2)31(28-19)17-7-5-4-6-8-17/h4-8,15,18H,3,9-14,16H2,1-2H3,(H,26,32)(H,27,35)(H,33,34)/t18-/m0/s1. The van der Waals surface area contributed by atoms with E-state index in [2.05, 4.69) is 15.7 Å². The summed E-state index contributed by atoms with van der Waals surface area (Å²) in [6.07, 6.45) is -1.36. The number of likely N-dealkylation sites (N-methyl/N-ethyl adjacent to an activating group) is 1. The lowest BCUT2D eigenvalue weighted by atomic mass is 10.1. The second-order valence-corrected chi connectivity index (χ2v) is 8.56. The lowest BCUT2D eigenvalue weighted by Crippen LogP contribution is -2.55. The van der Waals surface area contributed by atoms with Gasteiger partial charge in [-0.1, -0.05) is 18.2 Å². The maximum atomic E-state index is 13.3. The molecule has 216 valence electrons. The van der Waals surface area contributed by atoms with Gasteiger partial charge in [0, 0.05) is 32.6 Å². The van der Waals surface area contributed by atoms with Crippen molar-refractivity contribution >= 4 is 29.8 Å². The molecular formula is C25H32N6O9. The number of carbonyl (C=O) groups excluding carboxylic acids is 4. The number of para-hydroxylation sites is 1. The first-order valence-electron chi connectivity index (χ1n) is 12.6. The summed E-state index contributed by atoms with van der Waals surface area (Å²) in [5, 5.41) is 19.9. The van der Waals surface area contributed by atoms with Crippen LogP contribution in [0.25, 0.3) is 5.69 Å². The molecule has 0 radical (unpaired) electrons. The smallest absolute Gasteiger partial charge is 0.481 e. The van der Waals surface area contributed by atoms with Crippen molar-refractivity contribution in [3.63, 3.8) is 0 Å². The van der Waals surface area contributed by atoms with Crippen LogP contribution in [-0.2, 0) is 24.0 Å². The molecule has 2 aromatic rings. The van der Waals surface area contributed by atoms with E-state index in [0.717, 1.165) is 0 Å². The van der Waals surface area contributed by atoms with Crippen LogP contribution in [0.1, 0.15) is 30.3 Å². The monoisotopic (exact) mass is 560 g/mol. The van der Waals surface area contributed by atoms with Gasteiger partial charge in [0.1, 0.15) is 6.04 Å². The van der Waals surface area contributed by atoms with Crippen molar-refractivity contribution in [3.05, 3.63) is 42.1 Å². The molecule has 0 unspecified atom stereocenters. The topological polar surface area (TPSA) is 182 Å². The third kappa shape index (κ3) is 8.42. The zero-order valence-electron chi connectivity index (χ0n) is 22.2. The van der Waals surface area contributed by atoms with E-state index in [1.54, 1.807) is 37.3 Å². The normalized spacial score (nSPS) is 14.1. The zero-order valence-corrected chi connectivity index (χ0v) is 22.2. The maximum absolute atomic E-state index is 13.3. The molecule has 1 aromatic heterocycles. The number of nitrogens with one attached hydrogen (secondary N) is 2. The summed E-state index contributed by atoms with van der Waals surface area (Å²) in [4.78, 5) is 67.5. The Morgan fingerprint density at radius 2 is 1.77 bits per heavy atom. The van der Waals surface area contributed by atoms with Gasteiger partial charge in [0.15, 0.2) is 12.3 Å². The van der Waals surface area contributed by atoms with E-state index in [1.807, 2.05) is 0 Å². The lowest BCUT2D eigenvalue weighted by molar-refractivity contribution is -0.157. The van der Waals surface area contributed by atoms with Crippen molar-refractivity contribution in [1.29, 1.82) is 0 Å². The van der Waals surface area contributed by atoms with Crippen molar-refractivity contribution < 1.29 is 43.4 Å². The summed E-state index contributed by atoms with van der Waals surface area (Å²) < 4.78 is 11.6. The third-order valence-electron chi connectivity index (χ3n) is 5.81. The number of nitrogens with zero attached hydrogens (tertiary/aromatic N) is 4. The van der Waals surface area contributed by atoms with Crippen molar-refractivity contribution in [3.8, 4) is 11.6 Å². The molecule has 0 spiro atoms. The van der Waals surface area contributed by atoms with E-state index < -0.39 is 30.0 Å². The highest BCUT2D eigenvalue weighted by molar-refractivity contribution is 5.96. The molecular weight excluding hydrogens is 528 g/mol. The fraction of sp³-hybridized carbons (Fsp3) is 0.440. The minimum absolute atomic E-state index is 0.100. The second kappa shape index (κ2) is 14.5. The van der Waals surface area contributed by atoms with E-state index in [9.17, 15) is 29.1 Å². The molecule has 2 heterocycles. The number of rotatable bonds is 12. The number of piperazine rings is 1. The summed E-state index contributed by atoms with van der Waals surface area (Å²) in [6, 6.07) is 8.95. The highest BCUT2D eigenvalue weighted by Crippen LogP contribution is 2.20. The van der Waals surface area contributed by atoms with E-state index >= 15 is 0 Å². The number of aliphatic carboxylic acids is 1. The first-order valence-corrected chi connectivity index (χ1v) is 12.6. The van der Waals surface area contributed by atoms with E-state index in [1.165, 1.54) is 27.8 Å². The van der Waals surface area contributed by atoms with Crippen LogP contribution in [0.3, 0.4) is 0 Å². The molecule has 1 atom stereocenters. The quantitative estimate of drug-likeness (QED) is 0.302. The van der Waals surface area contributed by atoms with Crippen molar-refractivity contribution in [1.82, 2.24) is 30.4 Å². The van der Waals surface area contributed by atoms with E-state index in [4.69, 9.17) is 14.3 Å². The molecule has 1 aliphatic rings. The molecule has 3 amide bonds. The predicted octanol–water partition coefficient (Wildman–Crippen LogP) is 0.193. The molecule has 1 aromatic carbocycles. The molecule has 1 fully saturated rings. The van der Waals surface area contributed by atoms with Gasteiger partial charge >= 0.3 is 12.1 Å². The van der Waals surface area contributed by atoms with Crippen LogP contribution >= 0.6 is 0 Å². The van der Waals surface area contributed by atoms with Crippen LogP contribution in [0.5, 0.6) is 5.88 Å². The van der Waals surface area contributed by atoms with Crippen LogP contribution in [0.4, 0.5) is 4.79 Å². The number of carboxylic acids is 1. The Morgan fingerprint density at radius 1 is 1.07 bits per heavy atom. The van der Waals surface area contributed by atoms with E-state index in [0.29, 0.717) is 5.69 Å². The molecule has 0 bridgehead atoms. The van der Waals surface area contributed by atoms with Crippen molar-refractivity contribution in [2.75, 3.05) is 46.4 Å². The van der Waals surface area contributed by atoms with Gasteiger partial charge in [-0.25, -0.2) is 9.48 Å². The highest BCUT2D eigenvalue weighted by Gasteiger charge is 2.31. The number of hydrogen-bond donors (Lipinski definition) is 3. The van der Waals surface area contributed by atoms with Gasteiger partial charge < -0.3 is 35.0 Å². The van der Waals surface area contributed by atoms with Gasteiger partial charge in [0.2, 0.25) is 11.8 Å². The number of amides is 3. The molecule has 3 N–H and O–H groups in total. The Labute approximate surface area is 229 Å². The van der Waals surface area contributed by atoms with Crippen LogP contribution in [0.2, 0.25) is 0 Å². The Morgan fingerprint density at radius 3 is 2.40 bits per heavy atom. The minimum atomic E-state index is -1.15. The van der Waals surface area contributed by atoms with Crippen molar-refractivity contribution in [2.45, 2.75) is 25.8 Å². The zero-order chi connectivity index (χ0) is 29.1. The molecule has 1 saturated heterocycles. The average molecular weight is 561 g/mol. The summed E-state index contributed by atoms with van der Waals surface area (Å²) >= 11 is 0. The van der Waals surface area contributed by atoms with Crippen LogP contribution in [0.15, 0.2) is 36.4 Å². The summed E-state index contributed by atoms with van der Waals surface area (Å²) in [7, 11) is 1.46. The number of carboxylic acid groups (broad SMARTS) is 1. The number of carbonyl (C=O) groups is 5. The largest absolute Gasteiger partial charge is 0.527 e. The number of hydrogen-bond acceptors (Lipinski definition) is 10. The maximum Gasteiger partial charge on any atom is 0.527 e. The summed E-state index contributed by atoms with van der Waals surface area (Å²) in [6.45, 7) is 2.26. The molecule has 15 heteroatoms. The molecule has 15 nitrogen and oxygen atoms in total. The van der Waals surface area contributed by atoms with Gasteiger partial charge in [-0.05, 0) is 25.5 Å². The SMILES string of the molecule is CCOC(=O)ON1CCN(C(=O)[C@H](CCC(=O)O)NC(=O)c2cc(OCC(=O)NC)n(-c3ccccc3)n2)CC1. The molecule has 0 saturated carbocycles. The fourth-order valence-corrected chi connectivity index (χ4v) is 3.77. The molecule has 0 aliphatic carbocycles. The number of hydroxylamine groups is 2. The van der Waals surface area contributed by atoms with Gasteiger partial charge in [-0.3, -0.25) is 19.2 Å². The Hall–Kier alpha value is -4.66. The predicted molar refractivity (Wildman–Crippen MR) is 138 cm³/mol. The summed E-state index contributed by atoms with van der Waals surface area (Å²) in [5.74, 6) is -2.61. The van der Waals surface area contributed by atoms with Crippen LogP contribution in [-0.4, -0.2) is 107 Å². The second-order valence-electron chi connectivity index (χ2n) is 8.56. The third-order valence-corrected chi connectivity index (χ3v) is 5.81. The van der Waals surface area contributed by atoms with Gasteiger partial charge in [-0.15, -0.1) is 5.06 Å². The van der Waals surface area contributed by atoms with Crippen LogP contribution in [0, 0.1) is 0 Å². The Balaban J connectivity index is 1.73. The number of ether oxygens (including phenoxy) is 2. The Bertz CT molecular complexity index is 1190. The van der Waals surface area contributed by atoms with E-state index in [-0.39, 0.29) is 69.7 Å². The number of aromatic nitrogens is 2. The number of benzene rings is 1. The van der Waals surface area contributed by atoms with Gasteiger partial charge in [-0.2, -0.15) is 5.10 Å². The van der Waals surface area contributed by atoms with Gasteiger partial charge in [0.05, 0.1) is 25.4 Å². The van der Waals surface area contributed by atoms with Crippen molar-refractivity contribution in [2.24, 2.45) is 0 Å². The molecule has 40 heavy (non-hydrogen) atoms. The fourth-order valence-electron chi connectivity index (χ4n) is 3.77. The first-order chi connectivity index (χ1) is 19.2. The summed E-state index contributed by atoms with van der Waals surface area (Å²) in [5.41, 5.74) is 0.464. The first kappa shape index (κ1) is 29.9. The molecule has 3 rings (SSSR count). The average Bonchev–Trinajstić information content (AvgIpc) is 3.39.